The zero-order chi connectivity index (χ0) is 11.0. The van der Waals surface area contributed by atoms with Gasteiger partial charge in [-0.05, 0) is 18.8 Å². The van der Waals surface area contributed by atoms with Gasteiger partial charge in [-0.15, -0.1) is 0 Å². The van der Waals surface area contributed by atoms with Crippen LogP contribution in [-0.2, 0) is 0 Å². The predicted molar refractivity (Wildman–Crippen MR) is 66.6 cm³/mol. The lowest BCUT2D eigenvalue weighted by molar-refractivity contribution is 0.384. The Morgan fingerprint density at radius 2 is 1.50 bits per heavy atom. The minimum absolute atomic E-state index is 0.352. The lowest BCUT2D eigenvalue weighted by Crippen LogP contribution is -2.11. The number of allylic oxidation sites excluding steroid dienone is 1. The van der Waals surface area contributed by atoms with Crippen molar-refractivity contribution in [2.45, 2.75) is 72.6 Å². The van der Waals surface area contributed by atoms with Crippen molar-refractivity contribution in [1.29, 1.82) is 0 Å². The Balaban J connectivity index is 3.40. The molecule has 14 heavy (non-hydrogen) atoms. The quantitative estimate of drug-likeness (QED) is 0.363. The first-order valence-corrected chi connectivity index (χ1v) is 6.16. The van der Waals surface area contributed by atoms with Crippen LogP contribution in [0.1, 0.15) is 72.6 Å². The largest absolute Gasteiger partial charge is 0.0996 e. The van der Waals surface area contributed by atoms with Gasteiger partial charge in [0, 0.05) is 0 Å². The van der Waals surface area contributed by atoms with E-state index in [0.717, 1.165) is 0 Å². The Labute approximate surface area is 90.8 Å². The molecule has 0 heterocycles. The second kappa shape index (κ2) is 7.09. The van der Waals surface area contributed by atoms with E-state index in [1.807, 2.05) is 0 Å². The Kier molecular flexibility index (Phi) is 6.96. The SMILES string of the molecule is C=C(C)C(C)(C)CCCCCCCC. The summed E-state index contributed by atoms with van der Waals surface area (Å²) in [5.74, 6) is 0. The molecule has 0 saturated carbocycles. The van der Waals surface area contributed by atoms with Gasteiger partial charge >= 0.3 is 0 Å². The van der Waals surface area contributed by atoms with E-state index in [1.54, 1.807) is 0 Å². The number of hydrogen-bond donors (Lipinski definition) is 0. The van der Waals surface area contributed by atoms with Crippen LogP contribution in [0.4, 0.5) is 0 Å². The summed E-state index contributed by atoms with van der Waals surface area (Å²) in [5.41, 5.74) is 1.68. The molecule has 0 spiro atoms. The van der Waals surface area contributed by atoms with E-state index >= 15 is 0 Å². The molecule has 0 fully saturated rings. The zero-order valence-corrected chi connectivity index (χ0v) is 10.7. The number of hydrogen-bond acceptors (Lipinski definition) is 0. The molecule has 0 amide bonds. The number of unbranched alkanes of at least 4 members (excludes halogenated alkanes) is 5. The molecule has 0 nitrogen and oxygen atoms in total. The molecule has 0 heteroatoms. The first-order valence-electron chi connectivity index (χ1n) is 6.16. The summed E-state index contributed by atoms with van der Waals surface area (Å²) in [6.45, 7) is 13.1. The summed E-state index contributed by atoms with van der Waals surface area (Å²) in [5, 5.41) is 0. The van der Waals surface area contributed by atoms with Crippen molar-refractivity contribution in [1.82, 2.24) is 0 Å². The van der Waals surface area contributed by atoms with Crippen LogP contribution < -0.4 is 0 Å². The van der Waals surface area contributed by atoms with Crippen molar-refractivity contribution in [3.05, 3.63) is 12.2 Å². The summed E-state index contributed by atoms with van der Waals surface area (Å²) >= 11 is 0. The van der Waals surface area contributed by atoms with E-state index in [2.05, 4.69) is 34.3 Å². The van der Waals surface area contributed by atoms with Crippen molar-refractivity contribution < 1.29 is 0 Å². The Hall–Kier alpha value is -0.260. The second-order valence-electron chi connectivity index (χ2n) is 5.18. The molecule has 0 aliphatic carbocycles. The van der Waals surface area contributed by atoms with Gasteiger partial charge in [0.05, 0.1) is 0 Å². The van der Waals surface area contributed by atoms with E-state index in [-0.39, 0.29) is 0 Å². The standard InChI is InChI=1S/C14H28/c1-6-7-8-9-10-11-12-14(4,5)13(2)3/h2,6-12H2,1,3-5H3. The first-order chi connectivity index (χ1) is 6.50. The molecule has 0 aliphatic rings. The molecular weight excluding hydrogens is 168 g/mol. The molecule has 0 aliphatic heterocycles. The minimum atomic E-state index is 0.352. The van der Waals surface area contributed by atoms with Crippen LogP contribution >= 0.6 is 0 Å². The topological polar surface area (TPSA) is 0 Å². The van der Waals surface area contributed by atoms with Crippen molar-refractivity contribution in [2.24, 2.45) is 5.41 Å². The van der Waals surface area contributed by atoms with Crippen LogP contribution in [0.15, 0.2) is 12.2 Å². The van der Waals surface area contributed by atoms with E-state index in [0.29, 0.717) is 5.41 Å². The molecule has 0 N–H and O–H groups in total. The van der Waals surface area contributed by atoms with Crippen molar-refractivity contribution in [3.63, 3.8) is 0 Å². The van der Waals surface area contributed by atoms with Crippen LogP contribution in [0.5, 0.6) is 0 Å². The maximum atomic E-state index is 4.06. The molecule has 0 saturated heterocycles. The first kappa shape index (κ1) is 13.7. The average Bonchev–Trinajstić information content (AvgIpc) is 2.10. The fourth-order valence-corrected chi connectivity index (χ4v) is 1.56. The number of rotatable bonds is 8. The minimum Gasteiger partial charge on any atom is -0.0996 e. The molecule has 0 radical (unpaired) electrons. The highest BCUT2D eigenvalue weighted by Crippen LogP contribution is 2.30. The molecule has 0 atom stereocenters. The van der Waals surface area contributed by atoms with Gasteiger partial charge < -0.3 is 0 Å². The summed E-state index contributed by atoms with van der Waals surface area (Å²) in [4.78, 5) is 0. The molecular formula is C14H28. The third-order valence-corrected chi connectivity index (χ3v) is 3.31. The average molecular weight is 196 g/mol. The van der Waals surface area contributed by atoms with Gasteiger partial charge in [0.25, 0.3) is 0 Å². The fraction of sp³-hybridized carbons (Fsp3) is 0.857. The Morgan fingerprint density at radius 1 is 1.00 bits per heavy atom. The van der Waals surface area contributed by atoms with Crippen molar-refractivity contribution >= 4 is 0 Å². The molecule has 0 aromatic heterocycles. The van der Waals surface area contributed by atoms with Gasteiger partial charge in [0.1, 0.15) is 0 Å². The zero-order valence-electron chi connectivity index (χ0n) is 10.7. The Bertz CT molecular complexity index is 153. The van der Waals surface area contributed by atoms with Gasteiger partial charge in [-0.1, -0.05) is 71.4 Å². The van der Waals surface area contributed by atoms with Gasteiger partial charge in [-0.3, -0.25) is 0 Å². The van der Waals surface area contributed by atoms with Crippen molar-refractivity contribution in [3.8, 4) is 0 Å². The monoisotopic (exact) mass is 196 g/mol. The highest BCUT2D eigenvalue weighted by atomic mass is 14.2. The van der Waals surface area contributed by atoms with Crippen LogP contribution in [0.2, 0.25) is 0 Å². The van der Waals surface area contributed by atoms with Crippen LogP contribution in [-0.4, -0.2) is 0 Å². The van der Waals surface area contributed by atoms with E-state index < -0.39 is 0 Å². The smallest absolute Gasteiger partial charge is 0.0150 e. The molecule has 0 bridgehead atoms. The summed E-state index contributed by atoms with van der Waals surface area (Å²) in [7, 11) is 0. The normalized spacial score (nSPS) is 11.7. The molecule has 0 aromatic rings. The maximum Gasteiger partial charge on any atom is -0.0150 e. The van der Waals surface area contributed by atoms with Crippen LogP contribution in [0.3, 0.4) is 0 Å². The third kappa shape index (κ3) is 6.23. The molecule has 0 aromatic carbocycles. The highest BCUT2D eigenvalue weighted by Gasteiger charge is 2.17. The molecule has 84 valence electrons. The maximum absolute atomic E-state index is 4.06. The molecule has 0 unspecified atom stereocenters. The van der Waals surface area contributed by atoms with E-state index in [1.165, 1.54) is 50.5 Å². The second-order valence-corrected chi connectivity index (χ2v) is 5.18. The van der Waals surface area contributed by atoms with E-state index in [9.17, 15) is 0 Å². The summed E-state index contributed by atoms with van der Waals surface area (Å²) in [6, 6.07) is 0. The van der Waals surface area contributed by atoms with E-state index in [4.69, 9.17) is 0 Å². The van der Waals surface area contributed by atoms with Gasteiger partial charge in [0.2, 0.25) is 0 Å². The van der Waals surface area contributed by atoms with Crippen LogP contribution in [0, 0.1) is 5.41 Å². The molecule has 0 rings (SSSR count). The van der Waals surface area contributed by atoms with Crippen LogP contribution in [0.25, 0.3) is 0 Å². The van der Waals surface area contributed by atoms with Gasteiger partial charge in [-0.25, -0.2) is 0 Å². The fourth-order valence-electron chi connectivity index (χ4n) is 1.56. The Morgan fingerprint density at radius 3 is 2.00 bits per heavy atom. The highest BCUT2D eigenvalue weighted by molar-refractivity contribution is 5.02. The summed E-state index contributed by atoms with van der Waals surface area (Å²) in [6.07, 6.45) is 9.65. The lowest BCUT2D eigenvalue weighted by atomic mass is 9.81. The van der Waals surface area contributed by atoms with Crippen molar-refractivity contribution in [2.75, 3.05) is 0 Å². The van der Waals surface area contributed by atoms with Gasteiger partial charge in [-0.2, -0.15) is 0 Å². The third-order valence-electron chi connectivity index (χ3n) is 3.31. The van der Waals surface area contributed by atoms with Gasteiger partial charge in [0.15, 0.2) is 0 Å². The lowest BCUT2D eigenvalue weighted by Gasteiger charge is -2.24. The predicted octanol–water partition coefficient (Wildman–Crippen LogP) is 5.34. The summed E-state index contributed by atoms with van der Waals surface area (Å²) < 4.78 is 0.